The van der Waals surface area contributed by atoms with E-state index in [1.165, 1.54) is 17.1 Å². The molecule has 0 fully saturated rings. The van der Waals surface area contributed by atoms with Crippen LogP contribution in [0.2, 0.25) is 0 Å². The van der Waals surface area contributed by atoms with Gasteiger partial charge in [0.05, 0.1) is 7.11 Å². The second kappa shape index (κ2) is 5.30. The summed E-state index contributed by atoms with van der Waals surface area (Å²) in [6, 6.07) is 8.12. The first kappa shape index (κ1) is 12.8. The Kier molecular flexibility index (Phi) is 3.76. The summed E-state index contributed by atoms with van der Waals surface area (Å²) in [4.78, 5) is 0. The van der Waals surface area contributed by atoms with Crippen LogP contribution in [0.5, 0.6) is 5.75 Å². The molecule has 0 bridgehead atoms. The van der Waals surface area contributed by atoms with Gasteiger partial charge in [-0.05, 0) is 22.9 Å². The molecule has 0 radical (unpaired) electrons. The lowest BCUT2D eigenvalue weighted by Gasteiger charge is -2.25. The minimum atomic E-state index is -0.00204. The van der Waals surface area contributed by atoms with Crippen molar-refractivity contribution in [3.05, 3.63) is 29.8 Å². The first-order valence-corrected chi connectivity index (χ1v) is 6.42. The molecule has 0 saturated carbocycles. The van der Waals surface area contributed by atoms with Gasteiger partial charge in [-0.25, -0.2) is 0 Å². The molecule has 2 aromatic rings. The Bertz CT molecular complexity index is 481. The predicted octanol–water partition coefficient (Wildman–Crippen LogP) is 2.33. The number of methoxy groups -OCH3 is 1. The topological polar surface area (TPSA) is 59.9 Å². The van der Waals surface area contributed by atoms with Gasteiger partial charge in [0.15, 0.2) is 0 Å². The van der Waals surface area contributed by atoms with Crippen LogP contribution in [0.3, 0.4) is 0 Å². The zero-order chi connectivity index (χ0) is 13.0. The highest BCUT2D eigenvalue weighted by molar-refractivity contribution is 7.09. The number of nitrogens with zero attached hydrogens (tertiary/aromatic N) is 3. The van der Waals surface area contributed by atoms with E-state index in [9.17, 15) is 0 Å². The van der Waals surface area contributed by atoms with Gasteiger partial charge in [-0.2, -0.15) is 0 Å². The van der Waals surface area contributed by atoms with Gasteiger partial charge in [-0.15, -0.1) is 0 Å². The SMILES string of the molecule is COc1ccc(C(C)(C)CNc2nnns2)cc1. The molecule has 0 saturated heterocycles. The van der Waals surface area contributed by atoms with Gasteiger partial charge in [-0.3, -0.25) is 0 Å². The van der Waals surface area contributed by atoms with Crippen LogP contribution in [-0.2, 0) is 5.41 Å². The number of anilines is 1. The van der Waals surface area contributed by atoms with Crippen molar-refractivity contribution in [1.29, 1.82) is 0 Å². The summed E-state index contributed by atoms with van der Waals surface area (Å²) in [6.45, 7) is 5.13. The highest BCUT2D eigenvalue weighted by atomic mass is 32.1. The Morgan fingerprint density at radius 3 is 2.56 bits per heavy atom. The van der Waals surface area contributed by atoms with Crippen molar-refractivity contribution in [2.24, 2.45) is 0 Å². The van der Waals surface area contributed by atoms with E-state index >= 15 is 0 Å². The smallest absolute Gasteiger partial charge is 0.225 e. The maximum atomic E-state index is 5.16. The summed E-state index contributed by atoms with van der Waals surface area (Å²) >= 11 is 1.26. The third-order valence-electron chi connectivity index (χ3n) is 2.85. The van der Waals surface area contributed by atoms with Crippen molar-refractivity contribution in [3.63, 3.8) is 0 Å². The molecule has 1 aromatic heterocycles. The third-order valence-corrected chi connectivity index (χ3v) is 3.41. The molecule has 1 heterocycles. The van der Waals surface area contributed by atoms with Crippen molar-refractivity contribution in [2.45, 2.75) is 19.3 Å². The first-order valence-electron chi connectivity index (χ1n) is 5.65. The Morgan fingerprint density at radius 2 is 2.00 bits per heavy atom. The van der Waals surface area contributed by atoms with E-state index in [4.69, 9.17) is 4.74 Å². The standard InChI is InChI=1S/C12H16N4OS/c1-12(2,8-13-11-14-15-16-18-11)9-4-6-10(17-3)7-5-9/h4-7H,8H2,1-3H3,(H,13,14,16). The van der Waals surface area contributed by atoms with E-state index < -0.39 is 0 Å². The number of ether oxygens (including phenoxy) is 1. The molecule has 6 heteroatoms. The van der Waals surface area contributed by atoms with E-state index in [0.717, 1.165) is 17.4 Å². The summed E-state index contributed by atoms with van der Waals surface area (Å²) in [5, 5.41) is 11.4. The summed E-state index contributed by atoms with van der Waals surface area (Å²) in [6.07, 6.45) is 0. The van der Waals surface area contributed by atoms with Crippen LogP contribution in [0.15, 0.2) is 24.3 Å². The van der Waals surface area contributed by atoms with Crippen LogP contribution < -0.4 is 10.1 Å². The van der Waals surface area contributed by atoms with Gasteiger partial charge in [0.1, 0.15) is 5.75 Å². The van der Waals surface area contributed by atoms with Gasteiger partial charge in [0.25, 0.3) is 0 Å². The number of aromatic nitrogens is 3. The number of benzene rings is 1. The summed E-state index contributed by atoms with van der Waals surface area (Å²) in [5.74, 6) is 0.871. The molecule has 0 spiro atoms. The van der Waals surface area contributed by atoms with E-state index in [2.05, 4.69) is 46.1 Å². The molecule has 5 nitrogen and oxygen atoms in total. The Morgan fingerprint density at radius 1 is 1.28 bits per heavy atom. The van der Waals surface area contributed by atoms with E-state index in [0.29, 0.717) is 0 Å². The normalized spacial score (nSPS) is 11.3. The number of rotatable bonds is 5. The van der Waals surface area contributed by atoms with E-state index in [1.54, 1.807) is 7.11 Å². The van der Waals surface area contributed by atoms with Crippen LogP contribution in [0.1, 0.15) is 19.4 Å². The molecular weight excluding hydrogens is 248 g/mol. The van der Waals surface area contributed by atoms with Gasteiger partial charge in [-0.1, -0.05) is 35.6 Å². The van der Waals surface area contributed by atoms with Crippen molar-refractivity contribution in [2.75, 3.05) is 19.0 Å². The van der Waals surface area contributed by atoms with Crippen molar-refractivity contribution in [1.82, 2.24) is 14.8 Å². The average molecular weight is 264 g/mol. The largest absolute Gasteiger partial charge is 0.497 e. The molecule has 0 aliphatic carbocycles. The third kappa shape index (κ3) is 2.95. The lowest BCUT2D eigenvalue weighted by molar-refractivity contribution is 0.414. The lowest BCUT2D eigenvalue weighted by Crippen LogP contribution is -2.27. The van der Waals surface area contributed by atoms with Gasteiger partial charge in [0.2, 0.25) is 5.13 Å². The summed E-state index contributed by atoms with van der Waals surface area (Å²) < 4.78 is 8.88. The van der Waals surface area contributed by atoms with Gasteiger partial charge < -0.3 is 10.1 Å². The van der Waals surface area contributed by atoms with Crippen LogP contribution in [0.25, 0.3) is 0 Å². The molecule has 0 unspecified atom stereocenters. The number of hydrogen-bond donors (Lipinski definition) is 1. The Labute approximate surface area is 110 Å². The second-order valence-electron chi connectivity index (χ2n) is 4.63. The first-order chi connectivity index (χ1) is 8.62. The summed E-state index contributed by atoms with van der Waals surface area (Å²) in [5.41, 5.74) is 1.24. The maximum absolute atomic E-state index is 5.16. The highest BCUT2D eigenvalue weighted by Crippen LogP contribution is 2.25. The molecule has 0 aliphatic heterocycles. The Hall–Kier alpha value is -1.69. The van der Waals surface area contributed by atoms with Crippen LogP contribution >= 0.6 is 11.5 Å². The van der Waals surface area contributed by atoms with Crippen molar-refractivity contribution < 1.29 is 4.74 Å². The van der Waals surface area contributed by atoms with Gasteiger partial charge >= 0.3 is 0 Å². The monoisotopic (exact) mass is 264 g/mol. The lowest BCUT2D eigenvalue weighted by atomic mass is 9.84. The van der Waals surface area contributed by atoms with E-state index in [1.807, 2.05) is 12.1 Å². The predicted molar refractivity (Wildman–Crippen MR) is 72.2 cm³/mol. The van der Waals surface area contributed by atoms with Gasteiger partial charge in [0, 0.05) is 23.5 Å². The molecule has 18 heavy (non-hydrogen) atoms. The van der Waals surface area contributed by atoms with E-state index in [-0.39, 0.29) is 5.41 Å². The zero-order valence-electron chi connectivity index (χ0n) is 10.7. The molecule has 0 atom stereocenters. The van der Waals surface area contributed by atoms with Crippen LogP contribution in [0.4, 0.5) is 5.13 Å². The maximum Gasteiger partial charge on any atom is 0.225 e. The van der Waals surface area contributed by atoms with Crippen molar-refractivity contribution in [3.8, 4) is 5.75 Å². The quantitative estimate of drug-likeness (QED) is 0.898. The minimum absolute atomic E-state index is 0.00204. The van der Waals surface area contributed by atoms with Crippen LogP contribution in [-0.4, -0.2) is 28.5 Å². The molecule has 96 valence electrons. The summed E-state index contributed by atoms with van der Waals surface area (Å²) in [7, 11) is 1.67. The average Bonchev–Trinajstić information content (AvgIpc) is 2.90. The number of nitrogens with one attached hydrogen (secondary N) is 1. The van der Waals surface area contributed by atoms with Crippen molar-refractivity contribution >= 4 is 16.7 Å². The fourth-order valence-electron chi connectivity index (χ4n) is 1.64. The zero-order valence-corrected chi connectivity index (χ0v) is 11.5. The molecule has 1 aromatic carbocycles. The fraction of sp³-hybridized carbons (Fsp3) is 0.417. The molecule has 0 aliphatic rings. The minimum Gasteiger partial charge on any atom is -0.497 e. The van der Waals surface area contributed by atoms with Crippen LogP contribution in [0, 0.1) is 0 Å². The second-order valence-corrected chi connectivity index (χ2v) is 5.37. The molecule has 2 rings (SSSR count). The number of hydrogen-bond acceptors (Lipinski definition) is 6. The highest BCUT2D eigenvalue weighted by Gasteiger charge is 2.20. The fourth-order valence-corrected chi connectivity index (χ4v) is 2.00. The Balaban J connectivity index is 2.04. The molecule has 0 amide bonds. The molecule has 1 N–H and O–H groups in total. The molecular formula is C12H16N4OS.